The molecule has 9 heteroatoms. The highest BCUT2D eigenvalue weighted by atomic mass is 32.2. The van der Waals surface area contributed by atoms with E-state index in [9.17, 15) is 21.6 Å². The molecule has 1 aromatic carbocycles. The third-order valence-corrected chi connectivity index (χ3v) is 8.08. The molecule has 1 aromatic rings. The molecule has 2 fully saturated rings. The Morgan fingerprint density at radius 2 is 1.66 bits per heavy atom. The van der Waals surface area contributed by atoms with Crippen LogP contribution in [0.5, 0.6) is 0 Å². The van der Waals surface area contributed by atoms with Crippen molar-refractivity contribution in [2.45, 2.75) is 60.8 Å². The van der Waals surface area contributed by atoms with E-state index in [2.05, 4.69) is 5.32 Å². The Morgan fingerprint density at radius 1 is 0.966 bits per heavy atom. The number of piperidine rings is 1. The summed E-state index contributed by atoms with van der Waals surface area (Å²) < 4.78 is 48.4. The average Bonchev–Trinajstić information content (AvgIpc) is 2.67. The Labute approximate surface area is 173 Å². The van der Waals surface area contributed by atoms with Gasteiger partial charge in [0.15, 0.2) is 19.7 Å². The van der Waals surface area contributed by atoms with Gasteiger partial charge in [0, 0.05) is 31.6 Å². The first kappa shape index (κ1) is 22.1. The van der Waals surface area contributed by atoms with Crippen molar-refractivity contribution < 1.29 is 21.6 Å². The number of rotatable bonds is 5. The van der Waals surface area contributed by atoms with E-state index in [4.69, 9.17) is 0 Å². The zero-order valence-corrected chi connectivity index (χ0v) is 18.7. The molecule has 1 amide bonds. The summed E-state index contributed by atoms with van der Waals surface area (Å²) in [6, 6.07) is 4.46. The van der Waals surface area contributed by atoms with E-state index in [0.717, 1.165) is 51.0 Å². The van der Waals surface area contributed by atoms with Gasteiger partial charge in [0.05, 0.1) is 21.4 Å². The molecule has 1 aliphatic heterocycles. The van der Waals surface area contributed by atoms with E-state index in [1.54, 1.807) is 6.07 Å². The van der Waals surface area contributed by atoms with E-state index < -0.39 is 19.7 Å². The molecule has 162 valence electrons. The number of amides is 1. The maximum Gasteiger partial charge on any atom is 0.225 e. The molecule has 0 radical (unpaired) electrons. The van der Waals surface area contributed by atoms with E-state index >= 15 is 0 Å². The van der Waals surface area contributed by atoms with Gasteiger partial charge in [0.25, 0.3) is 0 Å². The lowest BCUT2D eigenvalue weighted by Crippen LogP contribution is -2.46. The lowest BCUT2D eigenvalue weighted by atomic mass is 9.93. The number of anilines is 1. The summed E-state index contributed by atoms with van der Waals surface area (Å²) in [5, 5.41) is 3.17. The van der Waals surface area contributed by atoms with Crippen LogP contribution in [0.1, 0.15) is 44.9 Å². The van der Waals surface area contributed by atoms with Gasteiger partial charge < -0.3 is 10.2 Å². The minimum absolute atomic E-state index is 0.00577. The number of carbonyl (C=O) groups is 1. The Hall–Kier alpha value is -1.61. The second-order valence-corrected chi connectivity index (χ2v) is 12.3. The molecule has 1 N–H and O–H groups in total. The normalized spacial score (nSPS) is 21.7. The minimum atomic E-state index is -3.63. The number of hydrogen-bond acceptors (Lipinski definition) is 6. The van der Waals surface area contributed by atoms with Crippen molar-refractivity contribution in [1.29, 1.82) is 0 Å². The second kappa shape index (κ2) is 8.63. The highest BCUT2D eigenvalue weighted by Gasteiger charge is 2.30. The van der Waals surface area contributed by atoms with Gasteiger partial charge in [-0.15, -0.1) is 0 Å². The lowest BCUT2D eigenvalue weighted by molar-refractivity contribution is -0.126. The van der Waals surface area contributed by atoms with Crippen molar-refractivity contribution in [3.63, 3.8) is 0 Å². The quantitative estimate of drug-likeness (QED) is 0.750. The summed E-state index contributed by atoms with van der Waals surface area (Å²) in [4.78, 5) is 14.6. The fourth-order valence-electron chi connectivity index (χ4n) is 4.26. The third kappa shape index (κ3) is 5.51. The fraction of sp³-hybridized carbons (Fsp3) is 0.650. The molecule has 1 atom stereocenters. The maximum absolute atomic E-state index is 12.8. The van der Waals surface area contributed by atoms with Gasteiger partial charge in [-0.3, -0.25) is 4.79 Å². The number of nitrogens with zero attached hydrogens (tertiary/aromatic N) is 1. The first-order valence-corrected chi connectivity index (χ1v) is 13.9. The summed E-state index contributed by atoms with van der Waals surface area (Å²) in [7, 11) is -7.15. The first-order valence-electron chi connectivity index (χ1n) is 10.1. The second-order valence-electron chi connectivity index (χ2n) is 8.30. The topological polar surface area (TPSA) is 101 Å². The van der Waals surface area contributed by atoms with Gasteiger partial charge in [-0.2, -0.15) is 0 Å². The van der Waals surface area contributed by atoms with Crippen molar-refractivity contribution in [3.8, 4) is 0 Å². The largest absolute Gasteiger partial charge is 0.370 e. The molecule has 7 nitrogen and oxygen atoms in total. The van der Waals surface area contributed by atoms with Gasteiger partial charge >= 0.3 is 0 Å². The smallest absolute Gasteiger partial charge is 0.225 e. The highest BCUT2D eigenvalue weighted by molar-refractivity contribution is 7.91. The fourth-order valence-corrected chi connectivity index (χ4v) is 5.90. The molecular weight excluding hydrogens is 412 g/mol. The van der Waals surface area contributed by atoms with E-state index in [0.29, 0.717) is 18.8 Å². The van der Waals surface area contributed by atoms with Crippen LogP contribution in [0.2, 0.25) is 0 Å². The van der Waals surface area contributed by atoms with Crippen LogP contribution >= 0.6 is 0 Å². The van der Waals surface area contributed by atoms with E-state index in [-0.39, 0.29) is 27.7 Å². The van der Waals surface area contributed by atoms with Crippen molar-refractivity contribution in [2.24, 2.45) is 5.92 Å². The number of benzene rings is 1. The Bertz CT molecular complexity index is 967. The molecule has 2 aliphatic rings. The number of hydrogen-bond donors (Lipinski definition) is 1. The molecule has 1 heterocycles. The maximum atomic E-state index is 12.8. The average molecular weight is 443 g/mol. The van der Waals surface area contributed by atoms with Crippen molar-refractivity contribution in [2.75, 3.05) is 30.5 Å². The van der Waals surface area contributed by atoms with Crippen molar-refractivity contribution in [3.05, 3.63) is 18.2 Å². The molecule has 3 rings (SSSR count). The number of carbonyl (C=O) groups excluding carboxylic acids is 1. The summed E-state index contributed by atoms with van der Waals surface area (Å²) in [5.74, 6) is -0.164. The molecule has 0 spiro atoms. The van der Waals surface area contributed by atoms with Gasteiger partial charge in [0.1, 0.15) is 0 Å². The predicted molar refractivity (Wildman–Crippen MR) is 113 cm³/mol. The van der Waals surface area contributed by atoms with Crippen LogP contribution in [-0.4, -0.2) is 54.4 Å². The van der Waals surface area contributed by atoms with Crippen LogP contribution in [0.4, 0.5) is 5.69 Å². The molecule has 1 unspecified atom stereocenters. The van der Waals surface area contributed by atoms with Gasteiger partial charge in [-0.1, -0.05) is 19.3 Å². The van der Waals surface area contributed by atoms with E-state index in [1.165, 1.54) is 18.6 Å². The molecule has 1 saturated heterocycles. The predicted octanol–water partition coefficient (Wildman–Crippen LogP) is 2.16. The number of sulfone groups is 2. The standard InChI is InChI=1S/C20H30N2O5S2/c1-28(24,25)17-10-11-18(19(13-17)29(2,26)27)22-12-6-7-15(14-22)20(23)21-16-8-4-3-5-9-16/h10-11,13,15-16H,3-9,12,14H2,1-2H3,(H,21,23). The lowest BCUT2D eigenvalue weighted by Gasteiger charge is -2.35. The van der Waals surface area contributed by atoms with Crippen LogP contribution in [0.15, 0.2) is 28.0 Å². The van der Waals surface area contributed by atoms with Crippen LogP contribution in [0.3, 0.4) is 0 Å². The highest BCUT2D eigenvalue weighted by Crippen LogP contribution is 2.32. The summed E-state index contributed by atoms with van der Waals surface area (Å²) in [6.07, 6.45) is 9.24. The summed E-state index contributed by atoms with van der Waals surface area (Å²) >= 11 is 0. The number of nitrogens with one attached hydrogen (secondary N) is 1. The Morgan fingerprint density at radius 3 is 2.28 bits per heavy atom. The Kier molecular flexibility index (Phi) is 6.57. The Balaban J connectivity index is 1.81. The minimum Gasteiger partial charge on any atom is -0.370 e. The molecule has 29 heavy (non-hydrogen) atoms. The first-order chi connectivity index (χ1) is 13.6. The summed E-state index contributed by atoms with van der Waals surface area (Å²) in [5.41, 5.74) is 0.468. The SMILES string of the molecule is CS(=O)(=O)c1ccc(N2CCCC(C(=O)NC3CCCCC3)C2)c(S(C)(=O)=O)c1. The molecule has 1 aliphatic carbocycles. The zero-order valence-electron chi connectivity index (χ0n) is 17.1. The monoisotopic (exact) mass is 442 g/mol. The summed E-state index contributed by atoms with van der Waals surface area (Å²) in [6.45, 7) is 1.06. The molecule has 0 bridgehead atoms. The zero-order chi connectivity index (χ0) is 21.2. The van der Waals surface area contributed by atoms with Crippen LogP contribution in [0, 0.1) is 5.92 Å². The van der Waals surface area contributed by atoms with Gasteiger partial charge in [-0.05, 0) is 43.9 Å². The molecule has 0 aromatic heterocycles. The van der Waals surface area contributed by atoms with Crippen molar-refractivity contribution in [1.82, 2.24) is 5.32 Å². The van der Waals surface area contributed by atoms with Crippen LogP contribution in [0.25, 0.3) is 0 Å². The van der Waals surface area contributed by atoms with Crippen LogP contribution in [-0.2, 0) is 24.5 Å². The molecular formula is C20H30N2O5S2. The molecule has 1 saturated carbocycles. The third-order valence-electron chi connectivity index (χ3n) is 5.84. The van der Waals surface area contributed by atoms with Gasteiger partial charge in [0.2, 0.25) is 5.91 Å². The van der Waals surface area contributed by atoms with Crippen LogP contribution < -0.4 is 10.2 Å². The van der Waals surface area contributed by atoms with Crippen molar-refractivity contribution >= 4 is 31.3 Å². The van der Waals surface area contributed by atoms with Gasteiger partial charge in [-0.25, -0.2) is 16.8 Å². The van der Waals surface area contributed by atoms with E-state index in [1.807, 2.05) is 4.90 Å².